The number of benzene rings is 2. The van der Waals surface area contributed by atoms with Crippen LogP contribution >= 0.6 is 23.2 Å². The second-order valence-corrected chi connectivity index (χ2v) is 4.50. The van der Waals surface area contributed by atoms with E-state index >= 15 is 0 Å². The van der Waals surface area contributed by atoms with Crippen LogP contribution in [0.5, 0.6) is 0 Å². The Kier molecular flexibility index (Phi) is 3.83. The van der Waals surface area contributed by atoms with E-state index in [2.05, 4.69) is 0 Å². The molecular formula is C13H7Cl2F3. The average molecular weight is 291 g/mol. The van der Waals surface area contributed by atoms with Gasteiger partial charge in [-0.15, -0.1) is 0 Å². The summed E-state index contributed by atoms with van der Waals surface area (Å²) in [6.45, 7) is 0. The molecule has 0 atom stereocenters. The second kappa shape index (κ2) is 5.21. The number of hydrogen-bond acceptors (Lipinski definition) is 0. The Morgan fingerprint density at radius 2 is 1.67 bits per heavy atom. The van der Waals surface area contributed by atoms with E-state index in [1.54, 1.807) is 18.2 Å². The standard InChI is InChI=1S/C13H7Cl2F3/c14-8-2-3-11(15)9(6-8)7-1-4-12(16)10(5-7)13(17)18/h1-6,13H. The van der Waals surface area contributed by atoms with E-state index in [0.29, 0.717) is 21.2 Å². The highest BCUT2D eigenvalue weighted by Gasteiger charge is 2.15. The van der Waals surface area contributed by atoms with Crippen molar-refractivity contribution in [2.24, 2.45) is 0 Å². The monoisotopic (exact) mass is 290 g/mol. The first kappa shape index (κ1) is 13.2. The SMILES string of the molecule is Fc1ccc(-c2cc(Cl)ccc2Cl)cc1C(F)F. The zero-order valence-corrected chi connectivity index (χ0v) is 10.4. The largest absolute Gasteiger partial charge is 0.266 e. The van der Waals surface area contributed by atoms with Gasteiger partial charge in [0.2, 0.25) is 0 Å². The Morgan fingerprint density at radius 1 is 0.944 bits per heavy atom. The second-order valence-electron chi connectivity index (χ2n) is 3.66. The van der Waals surface area contributed by atoms with Crippen LogP contribution in [0.25, 0.3) is 11.1 Å². The van der Waals surface area contributed by atoms with E-state index in [0.717, 1.165) is 12.1 Å². The minimum absolute atomic E-state index is 0.367. The predicted molar refractivity (Wildman–Crippen MR) is 66.8 cm³/mol. The molecule has 0 heterocycles. The summed E-state index contributed by atoms with van der Waals surface area (Å²) in [4.78, 5) is 0. The molecule has 0 unspecified atom stereocenters. The number of hydrogen-bond donors (Lipinski definition) is 0. The lowest BCUT2D eigenvalue weighted by molar-refractivity contribution is 0.146. The van der Waals surface area contributed by atoms with E-state index in [4.69, 9.17) is 23.2 Å². The lowest BCUT2D eigenvalue weighted by atomic mass is 10.0. The fourth-order valence-electron chi connectivity index (χ4n) is 1.60. The quantitative estimate of drug-likeness (QED) is 0.662. The first-order valence-electron chi connectivity index (χ1n) is 5.02. The van der Waals surface area contributed by atoms with Gasteiger partial charge in [-0.3, -0.25) is 0 Å². The third-order valence-corrected chi connectivity index (χ3v) is 3.04. The van der Waals surface area contributed by atoms with E-state index in [9.17, 15) is 13.2 Å². The zero-order chi connectivity index (χ0) is 13.3. The van der Waals surface area contributed by atoms with Crippen molar-refractivity contribution in [3.63, 3.8) is 0 Å². The van der Waals surface area contributed by atoms with Gasteiger partial charge in [0.05, 0.1) is 5.56 Å². The molecule has 0 radical (unpaired) electrons. The number of rotatable bonds is 2. The Morgan fingerprint density at radius 3 is 2.33 bits per heavy atom. The summed E-state index contributed by atoms with van der Waals surface area (Å²) < 4.78 is 38.4. The summed E-state index contributed by atoms with van der Waals surface area (Å²) in [5.74, 6) is -0.938. The van der Waals surface area contributed by atoms with E-state index in [1.807, 2.05) is 0 Å². The van der Waals surface area contributed by atoms with Crippen LogP contribution in [0.3, 0.4) is 0 Å². The van der Waals surface area contributed by atoms with Crippen molar-refractivity contribution in [3.05, 3.63) is 57.8 Å². The summed E-state index contributed by atoms with van der Waals surface area (Å²) in [5, 5.41) is 0.795. The highest BCUT2D eigenvalue weighted by molar-refractivity contribution is 6.35. The van der Waals surface area contributed by atoms with Crippen molar-refractivity contribution in [3.8, 4) is 11.1 Å². The molecule has 0 aliphatic rings. The molecule has 94 valence electrons. The predicted octanol–water partition coefficient (Wildman–Crippen LogP) is 5.74. The number of halogens is 5. The fraction of sp³-hybridized carbons (Fsp3) is 0.0769. The highest BCUT2D eigenvalue weighted by Crippen LogP contribution is 2.33. The van der Waals surface area contributed by atoms with Crippen LogP contribution in [0.1, 0.15) is 12.0 Å². The van der Waals surface area contributed by atoms with Gasteiger partial charge in [0.1, 0.15) is 5.82 Å². The van der Waals surface area contributed by atoms with E-state index < -0.39 is 17.8 Å². The lowest BCUT2D eigenvalue weighted by Crippen LogP contribution is -1.92. The Hall–Kier alpha value is -1.19. The molecule has 2 aromatic carbocycles. The highest BCUT2D eigenvalue weighted by atomic mass is 35.5. The van der Waals surface area contributed by atoms with Crippen LogP contribution in [-0.4, -0.2) is 0 Å². The normalized spacial score (nSPS) is 11.0. The summed E-state index contributed by atoms with van der Waals surface area (Å²) in [6, 6.07) is 8.16. The van der Waals surface area contributed by atoms with Crippen molar-refractivity contribution in [1.82, 2.24) is 0 Å². The third-order valence-electron chi connectivity index (χ3n) is 2.47. The molecule has 0 N–H and O–H groups in total. The molecule has 5 heteroatoms. The van der Waals surface area contributed by atoms with Gasteiger partial charge in [-0.05, 0) is 35.9 Å². The van der Waals surface area contributed by atoms with E-state index in [1.165, 1.54) is 6.07 Å². The molecule has 0 bridgehead atoms. The van der Waals surface area contributed by atoms with Crippen molar-refractivity contribution in [2.75, 3.05) is 0 Å². The van der Waals surface area contributed by atoms with Gasteiger partial charge in [0.25, 0.3) is 6.43 Å². The molecule has 2 aromatic rings. The van der Waals surface area contributed by atoms with Gasteiger partial charge in [0, 0.05) is 15.6 Å². The van der Waals surface area contributed by atoms with Gasteiger partial charge in [-0.25, -0.2) is 13.2 Å². The van der Waals surface area contributed by atoms with Crippen molar-refractivity contribution in [2.45, 2.75) is 6.43 Å². The fourth-order valence-corrected chi connectivity index (χ4v) is 2.00. The smallest absolute Gasteiger partial charge is 0.206 e. The van der Waals surface area contributed by atoms with Crippen LogP contribution in [0.2, 0.25) is 10.0 Å². The first-order chi connectivity index (χ1) is 8.49. The van der Waals surface area contributed by atoms with Gasteiger partial charge in [-0.2, -0.15) is 0 Å². The maximum absolute atomic E-state index is 13.2. The summed E-state index contributed by atoms with van der Waals surface area (Å²) in [6.07, 6.45) is -2.87. The number of alkyl halides is 2. The molecule has 18 heavy (non-hydrogen) atoms. The van der Waals surface area contributed by atoms with Gasteiger partial charge < -0.3 is 0 Å². The van der Waals surface area contributed by atoms with E-state index in [-0.39, 0.29) is 0 Å². The van der Waals surface area contributed by atoms with Crippen LogP contribution in [-0.2, 0) is 0 Å². The minimum Gasteiger partial charge on any atom is -0.206 e. The Balaban J connectivity index is 2.57. The average Bonchev–Trinajstić information content (AvgIpc) is 2.33. The van der Waals surface area contributed by atoms with Crippen LogP contribution < -0.4 is 0 Å². The molecule has 0 aliphatic heterocycles. The van der Waals surface area contributed by atoms with Crippen LogP contribution in [0.15, 0.2) is 36.4 Å². The molecule has 0 aromatic heterocycles. The Labute approximate surface area is 112 Å². The van der Waals surface area contributed by atoms with Crippen LogP contribution in [0, 0.1) is 5.82 Å². The van der Waals surface area contributed by atoms with Gasteiger partial charge in [-0.1, -0.05) is 29.3 Å². The molecular weight excluding hydrogens is 284 g/mol. The summed E-state index contributed by atoms with van der Waals surface area (Å²) >= 11 is 11.8. The molecule has 0 saturated heterocycles. The Bertz CT molecular complexity index is 582. The minimum atomic E-state index is -2.87. The van der Waals surface area contributed by atoms with Gasteiger partial charge >= 0.3 is 0 Å². The molecule has 0 amide bonds. The molecule has 0 spiro atoms. The van der Waals surface area contributed by atoms with Crippen molar-refractivity contribution >= 4 is 23.2 Å². The molecule has 0 aliphatic carbocycles. The van der Waals surface area contributed by atoms with Gasteiger partial charge in [0.15, 0.2) is 0 Å². The topological polar surface area (TPSA) is 0 Å². The zero-order valence-electron chi connectivity index (χ0n) is 8.93. The molecule has 0 nitrogen and oxygen atoms in total. The molecule has 0 saturated carbocycles. The maximum Gasteiger partial charge on any atom is 0.266 e. The maximum atomic E-state index is 13.2. The van der Waals surface area contributed by atoms with Crippen molar-refractivity contribution < 1.29 is 13.2 Å². The lowest BCUT2D eigenvalue weighted by Gasteiger charge is -2.08. The first-order valence-corrected chi connectivity index (χ1v) is 5.77. The summed E-state index contributed by atoms with van der Waals surface area (Å²) in [5.41, 5.74) is 0.244. The third kappa shape index (κ3) is 2.62. The van der Waals surface area contributed by atoms with Crippen LogP contribution in [0.4, 0.5) is 13.2 Å². The molecule has 2 rings (SSSR count). The summed E-state index contributed by atoms with van der Waals surface area (Å²) in [7, 11) is 0. The molecule has 0 fully saturated rings. The van der Waals surface area contributed by atoms with Crippen molar-refractivity contribution in [1.29, 1.82) is 0 Å².